The predicted octanol–water partition coefficient (Wildman–Crippen LogP) is 3.20. The molecule has 1 fully saturated rings. The summed E-state index contributed by atoms with van der Waals surface area (Å²) in [4.78, 5) is 49.6. The summed E-state index contributed by atoms with van der Waals surface area (Å²) in [6.07, 6.45) is -0.347. The number of carbonyl (C=O) groups excluding carboxylic acids is 4. The molecular weight excluding hydrogens is 434 g/mol. The smallest absolute Gasteiger partial charge is 0.324 e. The second-order valence-corrected chi connectivity index (χ2v) is 8.03. The van der Waals surface area contributed by atoms with Crippen LogP contribution in [0.25, 0.3) is 0 Å². The van der Waals surface area contributed by atoms with E-state index in [1.54, 1.807) is 62.4 Å². The summed E-state index contributed by atoms with van der Waals surface area (Å²) in [7, 11) is 0. The van der Waals surface area contributed by atoms with Crippen molar-refractivity contribution in [3.05, 3.63) is 70.2 Å². The van der Waals surface area contributed by atoms with Gasteiger partial charge in [-0.1, -0.05) is 41.9 Å². The maximum absolute atomic E-state index is 12.9. The molecule has 3 rings (SSSR count). The highest BCUT2D eigenvalue weighted by Gasteiger charge is 2.28. The number of hydrogen-bond acceptors (Lipinski definition) is 5. The molecule has 2 aromatic carbocycles. The third-order valence-electron chi connectivity index (χ3n) is 4.82. The number of rotatable bonds is 8. The molecule has 0 bridgehead atoms. The van der Waals surface area contributed by atoms with Crippen molar-refractivity contribution < 1.29 is 23.9 Å². The molecule has 8 nitrogen and oxygen atoms in total. The van der Waals surface area contributed by atoms with Gasteiger partial charge in [0.05, 0.1) is 31.7 Å². The number of hydrogen-bond donors (Lipinski definition) is 2. The predicted molar refractivity (Wildman–Crippen MR) is 118 cm³/mol. The molecule has 1 heterocycles. The zero-order chi connectivity index (χ0) is 23.3. The van der Waals surface area contributed by atoms with Gasteiger partial charge in [0.1, 0.15) is 0 Å². The monoisotopic (exact) mass is 457 g/mol. The minimum atomic E-state index is -0.673. The van der Waals surface area contributed by atoms with E-state index in [0.29, 0.717) is 21.7 Å². The maximum atomic E-state index is 12.9. The van der Waals surface area contributed by atoms with Crippen LogP contribution in [0.5, 0.6) is 0 Å². The van der Waals surface area contributed by atoms with Crippen LogP contribution >= 0.6 is 11.6 Å². The molecule has 0 radical (unpaired) electrons. The van der Waals surface area contributed by atoms with Gasteiger partial charge in [0, 0.05) is 10.6 Å². The van der Waals surface area contributed by atoms with Gasteiger partial charge in [0.2, 0.25) is 5.91 Å². The first kappa shape index (κ1) is 23.3. The molecule has 0 aromatic heterocycles. The first-order chi connectivity index (χ1) is 15.2. The van der Waals surface area contributed by atoms with E-state index >= 15 is 0 Å². The van der Waals surface area contributed by atoms with Crippen molar-refractivity contribution in [3.8, 4) is 0 Å². The number of halogens is 1. The Labute approximate surface area is 190 Å². The van der Waals surface area contributed by atoms with E-state index in [4.69, 9.17) is 16.3 Å². The number of carbonyl (C=O) groups is 4. The summed E-state index contributed by atoms with van der Waals surface area (Å²) in [5.74, 6) is -1.14. The van der Waals surface area contributed by atoms with Gasteiger partial charge in [-0.2, -0.15) is 0 Å². The number of nitrogens with zero attached hydrogens (tertiary/aromatic N) is 1. The van der Waals surface area contributed by atoms with Crippen molar-refractivity contribution in [2.75, 3.05) is 6.54 Å². The zero-order valence-corrected chi connectivity index (χ0v) is 18.5. The van der Waals surface area contributed by atoms with Crippen LogP contribution in [0.4, 0.5) is 4.79 Å². The number of ether oxygens (including phenoxy) is 1. The Bertz CT molecular complexity index is 1010. The second-order valence-electron chi connectivity index (χ2n) is 7.63. The summed E-state index contributed by atoms with van der Waals surface area (Å²) in [6, 6.07) is 12.4. The van der Waals surface area contributed by atoms with E-state index in [1.807, 2.05) is 0 Å². The van der Waals surface area contributed by atoms with Crippen LogP contribution in [0.1, 0.15) is 47.8 Å². The lowest BCUT2D eigenvalue weighted by Gasteiger charge is -2.20. The average Bonchev–Trinajstić information content (AvgIpc) is 3.05. The molecule has 1 aliphatic rings. The Morgan fingerprint density at radius 1 is 1.12 bits per heavy atom. The lowest BCUT2D eigenvalue weighted by Crippen LogP contribution is -2.31. The quantitative estimate of drug-likeness (QED) is 0.468. The van der Waals surface area contributed by atoms with E-state index in [0.717, 1.165) is 4.90 Å². The van der Waals surface area contributed by atoms with Crippen molar-refractivity contribution in [1.29, 1.82) is 0 Å². The standard InChI is InChI=1S/C23H24ClN3O5/c1-14(2)32-21(29)11-19(17-5-3-4-6-18(17)24)26-22(30)16-9-7-15(8-10-16)13-27-20(28)12-25-23(27)31/h3-10,14,19H,11-13H2,1-2H3,(H,25,31)(H,26,30)/t19-/m0/s1. The molecule has 0 unspecified atom stereocenters. The van der Waals surface area contributed by atoms with E-state index in [-0.39, 0.29) is 31.5 Å². The van der Waals surface area contributed by atoms with E-state index in [1.165, 1.54) is 0 Å². The molecule has 1 saturated heterocycles. The normalized spacial score (nSPS) is 14.3. The van der Waals surface area contributed by atoms with Gasteiger partial charge in [-0.05, 0) is 43.2 Å². The first-order valence-electron chi connectivity index (χ1n) is 10.2. The summed E-state index contributed by atoms with van der Waals surface area (Å²) in [6.45, 7) is 3.61. The Morgan fingerprint density at radius 3 is 2.41 bits per heavy atom. The van der Waals surface area contributed by atoms with Crippen molar-refractivity contribution in [1.82, 2.24) is 15.5 Å². The minimum Gasteiger partial charge on any atom is -0.463 e. The number of amides is 4. The van der Waals surface area contributed by atoms with Crippen LogP contribution in [0, 0.1) is 0 Å². The van der Waals surface area contributed by atoms with Crippen LogP contribution < -0.4 is 10.6 Å². The highest BCUT2D eigenvalue weighted by atomic mass is 35.5. The largest absolute Gasteiger partial charge is 0.463 e. The highest BCUT2D eigenvalue weighted by molar-refractivity contribution is 6.31. The molecule has 0 aliphatic carbocycles. The van der Waals surface area contributed by atoms with Crippen molar-refractivity contribution in [2.45, 2.75) is 39.0 Å². The van der Waals surface area contributed by atoms with Crippen molar-refractivity contribution in [3.63, 3.8) is 0 Å². The molecule has 1 atom stereocenters. The fraction of sp³-hybridized carbons (Fsp3) is 0.304. The lowest BCUT2D eigenvalue weighted by atomic mass is 10.0. The second kappa shape index (κ2) is 10.3. The van der Waals surface area contributed by atoms with Gasteiger partial charge in [-0.25, -0.2) is 4.79 Å². The lowest BCUT2D eigenvalue weighted by molar-refractivity contribution is -0.148. The van der Waals surface area contributed by atoms with Gasteiger partial charge < -0.3 is 15.4 Å². The Balaban J connectivity index is 1.72. The van der Waals surface area contributed by atoms with Gasteiger partial charge in [0.25, 0.3) is 5.91 Å². The molecule has 2 aromatic rings. The summed E-state index contributed by atoms with van der Waals surface area (Å²) in [5.41, 5.74) is 1.67. The number of imide groups is 1. The maximum Gasteiger partial charge on any atom is 0.324 e. The number of urea groups is 1. The Hall–Kier alpha value is -3.39. The highest BCUT2D eigenvalue weighted by Crippen LogP contribution is 2.26. The first-order valence-corrected chi connectivity index (χ1v) is 10.5. The summed E-state index contributed by atoms with van der Waals surface area (Å²) >= 11 is 6.29. The van der Waals surface area contributed by atoms with Gasteiger partial charge >= 0.3 is 12.0 Å². The summed E-state index contributed by atoms with van der Waals surface area (Å²) < 4.78 is 5.23. The Morgan fingerprint density at radius 2 is 1.81 bits per heavy atom. The molecule has 2 N–H and O–H groups in total. The number of benzene rings is 2. The van der Waals surface area contributed by atoms with Crippen LogP contribution in [0.2, 0.25) is 5.02 Å². The third kappa shape index (κ3) is 5.85. The molecule has 0 spiro atoms. The van der Waals surface area contributed by atoms with Gasteiger partial charge in [-0.3, -0.25) is 19.3 Å². The molecule has 1 aliphatic heterocycles. The zero-order valence-electron chi connectivity index (χ0n) is 17.8. The van der Waals surface area contributed by atoms with Crippen LogP contribution in [-0.2, 0) is 20.9 Å². The fourth-order valence-corrected chi connectivity index (χ4v) is 3.54. The fourth-order valence-electron chi connectivity index (χ4n) is 3.28. The van der Waals surface area contributed by atoms with E-state index in [2.05, 4.69) is 10.6 Å². The summed E-state index contributed by atoms with van der Waals surface area (Å²) in [5, 5.41) is 5.74. The van der Waals surface area contributed by atoms with E-state index in [9.17, 15) is 19.2 Å². The molecule has 9 heteroatoms. The van der Waals surface area contributed by atoms with Crippen LogP contribution in [0.15, 0.2) is 48.5 Å². The van der Waals surface area contributed by atoms with Crippen molar-refractivity contribution >= 4 is 35.4 Å². The molecule has 0 saturated carbocycles. The Kier molecular flexibility index (Phi) is 7.48. The van der Waals surface area contributed by atoms with Crippen LogP contribution in [-0.4, -0.2) is 41.4 Å². The van der Waals surface area contributed by atoms with Gasteiger partial charge in [0.15, 0.2) is 0 Å². The molecule has 4 amide bonds. The number of esters is 1. The minimum absolute atomic E-state index is 0.0119. The average molecular weight is 458 g/mol. The SMILES string of the molecule is CC(C)OC(=O)C[C@H](NC(=O)c1ccc(CN2C(=O)CNC2=O)cc1)c1ccccc1Cl. The molecule has 168 valence electrons. The topological polar surface area (TPSA) is 105 Å². The third-order valence-corrected chi connectivity index (χ3v) is 5.16. The van der Waals surface area contributed by atoms with Crippen LogP contribution in [0.3, 0.4) is 0 Å². The number of nitrogens with one attached hydrogen (secondary N) is 2. The van der Waals surface area contributed by atoms with E-state index < -0.39 is 23.9 Å². The molecular formula is C23H24ClN3O5. The molecule has 32 heavy (non-hydrogen) atoms. The van der Waals surface area contributed by atoms with Crippen molar-refractivity contribution in [2.24, 2.45) is 0 Å². The van der Waals surface area contributed by atoms with Gasteiger partial charge in [-0.15, -0.1) is 0 Å².